The Bertz CT molecular complexity index is 838. The van der Waals surface area contributed by atoms with Crippen LogP contribution in [0.4, 0.5) is 0 Å². The van der Waals surface area contributed by atoms with Crippen molar-refractivity contribution in [1.29, 1.82) is 0 Å². The molecule has 6 nitrogen and oxygen atoms in total. The fourth-order valence-corrected chi connectivity index (χ4v) is 3.08. The van der Waals surface area contributed by atoms with Crippen molar-refractivity contribution in [2.24, 2.45) is 0 Å². The number of aromatic nitrogens is 4. The molecule has 3 aromatic heterocycles. The zero-order valence-corrected chi connectivity index (χ0v) is 15.0. The second kappa shape index (κ2) is 7.91. The van der Waals surface area contributed by atoms with Gasteiger partial charge in [-0.15, -0.1) is 10.2 Å². The van der Waals surface area contributed by atoms with Gasteiger partial charge in [0.1, 0.15) is 34.3 Å². The minimum Gasteiger partial charge on any atom is -0.506 e. The SMILES string of the molecule is CCCc1c(-c2ncccc2O)nnc(-c2ncccc2O)c1CCC. The van der Waals surface area contributed by atoms with Crippen LogP contribution in [-0.2, 0) is 12.8 Å². The fraction of sp³-hybridized carbons (Fsp3) is 0.300. The van der Waals surface area contributed by atoms with E-state index < -0.39 is 0 Å². The molecule has 0 saturated carbocycles. The Morgan fingerprint density at radius 1 is 0.692 bits per heavy atom. The predicted molar refractivity (Wildman–Crippen MR) is 99.8 cm³/mol. The van der Waals surface area contributed by atoms with Gasteiger partial charge < -0.3 is 10.2 Å². The number of hydrogen-bond acceptors (Lipinski definition) is 6. The summed E-state index contributed by atoms with van der Waals surface area (Å²) in [7, 11) is 0. The van der Waals surface area contributed by atoms with Crippen molar-refractivity contribution in [2.45, 2.75) is 39.5 Å². The lowest BCUT2D eigenvalue weighted by Gasteiger charge is -2.16. The first-order chi connectivity index (χ1) is 12.7. The van der Waals surface area contributed by atoms with Crippen molar-refractivity contribution in [1.82, 2.24) is 20.2 Å². The molecule has 0 aliphatic heterocycles. The summed E-state index contributed by atoms with van der Waals surface area (Å²) in [5.74, 6) is 0.157. The van der Waals surface area contributed by atoms with E-state index in [9.17, 15) is 10.2 Å². The predicted octanol–water partition coefficient (Wildman–Crippen LogP) is 3.92. The highest BCUT2D eigenvalue weighted by molar-refractivity contribution is 5.73. The zero-order chi connectivity index (χ0) is 18.5. The third kappa shape index (κ3) is 3.35. The number of pyridine rings is 2. The van der Waals surface area contributed by atoms with Crippen LogP contribution in [0.3, 0.4) is 0 Å². The Balaban J connectivity index is 2.28. The van der Waals surface area contributed by atoms with Crippen LogP contribution in [0.25, 0.3) is 22.8 Å². The van der Waals surface area contributed by atoms with E-state index in [0.717, 1.165) is 36.8 Å². The highest BCUT2D eigenvalue weighted by Gasteiger charge is 2.22. The summed E-state index contributed by atoms with van der Waals surface area (Å²) in [6.45, 7) is 4.19. The first-order valence-electron chi connectivity index (χ1n) is 8.84. The van der Waals surface area contributed by atoms with Gasteiger partial charge in [0.2, 0.25) is 0 Å². The minimum atomic E-state index is 0.0787. The maximum Gasteiger partial charge on any atom is 0.143 e. The second-order valence-electron chi connectivity index (χ2n) is 6.10. The van der Waals surface area contributed by atoms with Gasteiger partial charge in [0, 0.05) is 12.4 Å². The summed E-state index contributed by atoms with van der Waals surface area (Å²) >= 11 is 0. The summed E-state index contributed by atoms with van der Waals surface area (Å²) in [6, 6.07) is 6.55. The van der Waals surface area contributed by atoms with Crippen LogP contribution < -0.4 is 0 Å². The summed E-state index contributed by atoms with van der Waals surface area (Å²) in [4.78, 5) is 8.59. The quantitative estimate of drug-likeness (QED) is 0.700. The lowest BCUT2D eigenvalue weighted by molar-refractivity contribution is 0.473. The Hall–Kier alpha value is -3.02. The van der Waals surface area contributed by atoms with Crippen LogP contribution in [0, 0.1) is 0 Å². The lowest BCUT2D eigenvalue weighted by atomic mass is 9.94. The van der Waals surface area contributed by atoms with E-state index in [2.05, 4.69) is 34.0 Å². The van der Waals surface area contributed by atoms with E-state index in [-0.39, 0.29) is 11.5 Å². The molecule has 0 spiro atoms. The van der Waals surface area contributed by atoms with E-state index in [1.807, 2.05) is 0 Å². The molecule has 0 unspecified atom stereocenters. The lowest BCUT2D eigenvalue weighted by Crippen LogP contribution is -2.07. The first kappa shape index (κ1) is 17.8. The van der Waals surface area contributed by atoms with Crippen LogP contribution in [0.15, 0.2) is 36.7 Å². The molecular weight excluding hydrogens is 328 g/mol. The van der Waals surface area contributed by atoms with E-state index in [4.69, 9.17) is 0 Å². The van der Waals surface area contributed by atoms with Gasteiger partial charge in [-0.3, -0.25) is 9.97 Å². The average Bonchev–Trinajstić information content (AvgIpc) is 2.65. The molecule has 6 heteroatoms. The maximum absolute atomic E-state index is 10.2. The van der Waals surface area contributed by atoms with Gasteiger partial charge in [0.05, 0.1) is 0 Å². The second-order valence-corrected chi connectivity index (χ2v) is 6.10. The van der Waals surface area contributed by atoms with E-state index >= 15 is 0 Å². The molecule has 3 aromatic rings. The Labute approximate surface area is 152 Å². The Morgan fingerprint density at radius 3 is 1.46 bits per heavy atom. The van der Waals surface area contributed by atoms with E-state index in [1.54, 1.807) is 36.7 Å². The van der Waals surface area contributed by atoms with Crippen LogP contribution in [0.5, 0.6) is 11.5 Å². The van der Waals surface area contributed by atoms with Gasteiger partial charge in [-0.25, -0.2) is 0 Å². The Morgan fingerprint density at radius 2 is 1.12 bits per heavy atom. The number of rotatable bonds is 6. The minimum absolute atomic E-state index is 0.0787. The number of aromatic hydroxyl groups is 2. The van der Waals surface area contributed by atoms with Crippen molar-refractivity contribution >= 4 is 0 Å². The molecule has 0 atom stereocenters. The molecular formula is C20H22N4O2. The maximum atomic E-state index is 10.2. The smallest absolute Gasteiger partial charge is 0.143 e. The highest BCUT2D eigenvalue weighted by atomic mass is 16.3. The normalized spacial score (nSPS) is 10.8. The van der Waals surface area contributed by atoms with Gasteiger partial charge in [-0.05, 0) is 48.2 Å². The fourth-order valence-electron chi connectivity index (χ4n) is 3.08. The van der Waals surface area contributed by atoms with Gasteiger partial charge in [0.25, 0.3) is 0 Å². The molecule has 3 heterocycles. The van der Waals surface area contributed by atoms with Gasteiger partial charge >= 0.3 is 0 Å². The highest BCUT2D eigenvalue weighted by Crippen LogP contribution is 2.35. The standard InChI is InChI=1S/C20H22N4O2/c1-3-7-13-14(8-4-2)18(20-16(26)10-6-12-22-20)24-23-17(13)19-15(25)9-5-11-21-19/h5-6,9-12,25-26H,3-4,7-8H2,1-2H3. The largest absolute Gasteiger partial charge is 0.506 e. The summed E-state index contributed by atoms with van der Waals surface area (Å²) in [6.07, 6.45) is 6.63. The van der Waals surface area contributed by atoms with Gasteiger partial charge in [0.15, 0.2) is 0 Å². The molecule has 2 N–H and O–H groups in total. The third-order valence-electron chi connectivity index (χ3n) is 4.21. The number of hydrogen-bond donors (Lipinski definition) is 2. The van der Waals surface area contributed by atoms with Crippen LogP contribution in [0.2, 0.25) is 0 Å². The molecule has 0 aliphatic rings. The van der Waals surface area contributed by atoms with Crippen LogP contribution in [0.1, 0.15) is 37.8 Å². The van der Waals surface area contributed by atoms with Gasteiger partial charge in [-0.2, -0.15) is 0 Å². The zero-order valence-electron chi connectivity index (χ0n) is 15.0. The molecule has 0 aliphatic carbocycles. The molecule has 0 aromatic carbocycles. The molecule has 3 rings (SSSR count). The molecule has 0 bridgehead atoms. The topological polar surface area (TPSA) is 92.0 Å². The molecule has 0 radical (unpaired) electrons. The molecule has 0 fully saturated rings. The monoisotopic (exact) mass is 350 g/mol. The van der Waals surface area contributed by atoms with Crippen LogP contribution in [-0.4, -0.2) is 30.4 Å². The van der Waals surface area contributed by atoms with E-state index in [0.29, 0.717) is 22.8 Å². The van der Waals surface area contributed by atoms with E-state index in [1.165, 1.54) is 0 Å². The number of nitrogens with zero attached hydrogens (tertiary/aromatic N) is 4. The van der Waals surface area contributed by atoms with Crippen molar-refractivity contribution in [3.8, 4) is 34.3 Å². The Kier molecular flexibility index (Phi) is 5.41. The summed E-state index contributed by atoms with van der Waals surface area (Å²) in [5.41, 5.74) is 4.03. The average molecular weight is 350 g/mol. The summed E-state index contributed by atoms with van der Waals surface area (Å²) < 4.78 is 0. The van der Waals surface area contributed by atoms with Crippen molar-refractivity contribution < 1.29 is 10.2 Å². The van der Waals surface area contributed by atoms with Crippen molar-refractivity contribution in [3.63, 3.8) is 0 Å². The van der Waals surface area contributed by atoms with Crippen molar-refractivity contribution in [2.75, 3.05) is 0 Å². The van der Waals surface area contributed by atoms with Gasteiger partial charge in [-0.1, -0.05) is 26.7 Å². The molecule has 26 heavy (non-hydrogen) atoms. The summed E-state index contributed by atoms with van der Waals surface area (Å²) in [5, 5.41) is 29.2. The molecule has 134 valence electrons. The molecule has 0 amide bonds. The first-order valence-corrected chi connectivity index (χ1v) is 8.84. The van der Waals surface area contributed by atoms with Crippen molar-refractivity contribution in [3.05, 3.63) is 47.8 Å². The van der Waals surface area contributed by atoms with Crippen LogP contribution >= 0.6 is 0 Å². The third-order valence-corrected chi connectivity index (χ3v) is 4.21. The molecule has 0 saturated heterocycles.